The zero-order chi connectivity index (χ0) is 13.7. The molecule has 0 unspecified atom stereocenters. The van der Waals surface area contributed by atoms with Crippen LogP contribution in [0.5, 0.6) is 0 Å². The first-order chi connectivity index (χ1) is 8.49. The van der Waals surface area contributed by atoms with E-state index >= 15 is 0 Å². The number of hydrogen-bond donors (Lipinski definition) is 0. The number of carbonyl (C=O) groups is 2. The highest BCUT2D eigenvalue weighted by Crippen LogP contribution is 2.20. The molecule has 0 aliphatic rings. The minimum absolute atomic E-state index is 0.246. The summed E-state index contributed by atoms with van der Waals surface area (Å²) >= 11 is 3.07. The van der Waals surface area contributed by atoms with Crippen LogP contribution in [0, 0.1) is 5.82 Å². The monoisotopic (exact) mass is 318 g/mol. The zero-order valence-corrected chi connectivity index (χ0v) is 11.5. The van der Waals surface area contributed by atoms with E-state index < -0.39 is 23.7 Å². The van der Waals surface area contributed by atoms with Crippen LogP contribution in [-0.4, -0.2) is 32.1 Å². The summed E-state index contributed by atoms with van der Waals surface area (Å²) in [6, 6.07) is 3.65. The normalized spacial score (nSPS) is 10.7. The molecule has 98 valence electrons. The molecule has 0 saturated heterocycles. The van der Waals surface area contributed by atoms with Crippen LogP contribution < -0.4 is 0 Å². The third kappa shape index (κ3) is 3.69. The van der Waals surface area contributed by atoms with Crippen molar-refractivity contribution in [3.05, 3.63) is 34.1 Å². The topological polar surface area (TPSA) is 52.6 Å². The van der Waals surface area contributed by atoms with Crippen LogP contribution in [0.3, 0.4) is 0 Å². The SMILES string of the molecule is COC(OC)C(=O)CC(=O)c1ccc(F)cc1Br. The smallest absolute Gasteiger partial charge is 0.217 e. The van der Waals surface area contributed by atoms with E-state index in [4.69, 9.17) is 9.47 Å². The molecule has 0 atom stereocenters. The number of ketones is 2. The number of benzene rings is 1. The molecular weight excluding hydrogens is 307 g/mol. The highest BCUT2D eigenvalue weighted by atomic mass is 79.9. The highest BCUT2D eigenvalue weighted by molar-refractivity contribution is 9.10. The van der Waals surface area contributed by atoms with Crippen molar-refractivity contribution < 1.29 is 23.5 Å². The summed E-state index contributed by atoms with van der Waals surface area (Å²) in [4.78, 5) is 23.4. The van der Waals surface area contributed by atoms with Gasteiger partial charge in [0, 0.05) is 24.3 Å². The molecule has 1 aromatic carbocycles. The fourth-order valence-corrected chi connectivity index (χ4v) is 1.98. The standard InChI is InChI=1S/C12H12BrFO4/c1-17-12(18-2)11(16)6-10(15)8-4-3-7(14)5-9(8)13/h3-5,12H,6H2,1-2H3. The van der Waals surface area contributed by atoms with Gasteiger partial charge in [0.15, 0.2) is 11.6 Å². The van der Waals surface area contributed by atoms with Gasteiger partial charge in [-0.05, 0) is 34.1 Å². The Morgan fingerprint density at radius 3 is 2.44 bits per heavy atom. The number of halogens is 2. The Bertz CT molecular complexity index is 457. The summed E-state index contributed by atoms with van der Waals surface area (Å²) in [7, 11) is 2.62. The fraction of sp³-hybridized carbons (Fsp3) is 0.333. The van der Waals surface area contributed by atoms with Crippen LogP contribution >= 0.6 is 15.9 Å². The lowest BCUT2D eigenvalue weighted by molar-refractivity contribution is -0.155. The summed E-state index contributed by atoms with van der Waals surface area (Å²) in [6.07, 6.45) is -1.43. The van der Waals surface area contributed by atoms with E-state index in [2.05, 4.69) is 15.9 Å². The van der Waals surface area contributed by atoms with Crippen LogP contribution in [0.4, 0.5) is 4.39 Å². The summed E-state index contributed by atoms with van der Waals surface area (Å²) in [6.45, 7) is 0. The first kappa shape index (κ1) is 14.9. The fourth-order valence-electron chi connectivity index (χ4n) is 1.41. The van der Waals surface area contributed by atoms with E-state index in [0.29, 0.717) is 4.47 Å². The molecule has 0 aromatic heterocycles. The highest BCUT2D eigenvalue weighted by Gasteiger charge is 2.22. The maximum Gasteiger partial charge on any atom is 0.217 e. The van der Waals surface area contributed by atoms with E-state index in [-0.39, 0.29) is 12.0 Å². The van der Waals surface area contributed by atoms with Gasteiger partial charge < -0.3 is 9.47 Å². The van der Waals surface area contributed by atoms with E-state index in [1.165, 1.54) is 26.4 Å². The Morgan fingerprint density at radius 1 is 1.33 bits per heavy atom. The third-order valence-electron chi connectivity index (χ3n) is 2.26. The van der Waals surface area contributed by atoms with Gasteiger partial charge in [-0.3, -0.25) is 9.59 Å². The second-order valence-corrected chi connectivity index (χ2v) is 4.35. The van der Waals surface area contributed by atoms with Gasteiger partial charge in [-0.25, -0.2) is 4.39 Å². The maximum atomic E-state index is 12.9. The van der Waals surface area contributed by atoms with Gasteiger partial charge in [-0.15, -0.1) is 0 Å². The van der Waals surface area contributed by atoms with Crippen molar-refractivity contribution in [3.63, 3.8) is 0 Å². The van der Waals surface area contributed by atoms with Crippen LogP contribution in [0.1, 0.15) is 16.8 Å². The minimum atomic E-state index is -1.06. The zero-order valence-electron chi connectivity index (χ0n) is 9.91. The van der Waals surface area contributed by atoms with Crippen molar-refractivity contribution in [1.29, 1.82) is 0 Å². The molecule has 4 nitrogen and oxygen atoms in total. The van der Waals surface area contributed by atoms with Crippen molar-refractivity contribution in [1.82, 2.24) is 0 Å². The predicted molar refractivity (Wildman–Crippen MR) is 65.9 cm³/mol. The molecule has 1 rings (SSSR count). The average Bonchev–Trinajstić information content (AvgIpc) is 2.30. The molecular formula is C12H12BrFO4. The molecule has 0 radical (unpaired) electrons. The van der Waals surface area contributed by atoms with E-state index in [9.17, 15) is 14.0 Å². The van der Waals surface area contributed by atoms with Gasteiger partial charge in [0.2, 0.25) is 6.29 Å². The van der Waals surface area contributed by atoms with Gasteiger partial charge in [-0.1, -0.05) is 0 Å². The number of hydrogen-bond acceptors (Lipinski definition) is 4. The van der Waals surface area contributed by atoms with Crippen LogP contribution in [-0.2, 0) is 14.3 Å². The number of rotatable bonds is 6. The molecule has 0 fully saturated rings. The summed E-state index contributed by atoms with van der Waals surface area (Å²) < 4.78 is 22.7. The second-order valence-electron chi connectivity index (χ2n) is 3.49. The average molecular weight is 319 g/mol. The van der Waals surface area contributed by atoms with E-state index in [1.54, 1.807) is 0 Å². The van der Waals surface area contributed by atoms with Gasteiger partial charge >= 0.3 is 0 Å². The predicted octanol–water partition coefficient (Wildman–Crippen LogP) is 2.35. The van der Waals surface area contributed by atoms with Crippen LogP contribution in [0.15, 0.2) is 22.7 Å². The molecule has 0 spiro atoms. The lowest BCUT2D eigenvalue weighted by atomic mass is 10.1. The molecule has 1 aromatic rings. The van der Waals surface area contributed by atoms with Crippen LogP contribution in [0.25, 0.3) is 0 Å². The molecule has 0 bridgehead atoms. The molecule has 0 aliphatic carbocycles. The minimum Gasteiger partial charge on any atom is -0.349 e. The summed E-state index contributed by atoms with van der Waals surface area (Å²) in [5.41, 5.74) is 0.246. The largest absolute Gasteiger partial charge is 0.349 e. The Morgan fingerprint density at radius 2 is 1.94 bits per heavy atom. The molecule has 18 heavy (non-hydrogen) atoms. The molecule has 0 saturated carbocycles. The molecule has 6 heteroatoms. The second kappa shape index (κ2) is 6.72. The number of Topliss-reactive ketones (excluding diaryl/α,β-unsaturated/α-hetero) is 2. The summed E-state index contributed by atoms with van der Waals surface area (Å²) in [5, 5.41) is 0. The molecule has 0 N–H and O–H groups in total. The lowest BCUT2D eigenvalue weighted by Crippen LogP contribution is -2.27. The molecule has 0 amide bonds. The van der Waals surface area contributed by atoms with Gasteiger partial charge in [-0.2, -0.15) is 0 Å². The van der Waals surface area contributed by atoms with E-state index in [0.717, 1.165) is 6.07 Å². The first-order valence-electron chi connectivity index (χ1n) is 5.06. The Hall–Kier alpha value is -1.11. The van der Waals surface area contributed by atoms with Gasteiger partial charge in [0.1, 0.15) is 5.82 Å². The number of carbonyl (C=O) groups excluding carboxylic acids is 2. The quantitative estimate of drug-likeness (QED) is 0.459. The van der Waals surface area contributed by atoms with Crippen molar-refractivity contribution >= 4 is 27.5 Å². The van der Waals surface area contributed by atoms with Gasteiger partial charge in [0.05, 0.1) is 6.42 Å². The van der Waals surface area contributed by atoms with Crippen molar-refractivity contribution in [2.24, 2.45) is 0 Å². The first-order valence-corrected chi connectivity index (χ1v) is 5.85. The third-order valence-corrected chi connectivity index (χ3v) is 2.91. The van der Waals surface area contributed by atoms with Crippen molar-refractivity contribution in [2.45, 2.75) is 12.7 Å². The Balaban J connectivity index is 2.79. The summed E-state index contributed by atoms with van der Waals surface area (Å²) in [5.74, 6) is -1.37. The molecule has 0 aliphatic heterocycles. The maximum absolute atomic E-state index is 12.9. The Labute approximate surface area is 112 Å². The van der Waals surface area contributed by atoms with Crippen molar-refractivity contribution in [2.75, 3.05) is 14.2 Å². The van der Waals surface area contributed by atoms with Crippen molar-refractivity contribution in [3.8, 4) is 0 Å². The Kier molecular flexibility index (Phi) is 5.58. The van der Waals surface area contributed by atoms with Gasteiger partial charge in [0.25, 0.3) is 0 Å². The van der Waals surface area contributed by atoms with Crippen LogP contribution in [0.2, 0.25) is 0 Å². The molecule has 0 heterocycles. The lowest BCUT2D eigenvalue weighted by Gasteiger charge is -2.11. The number of ether oxygens (including phenoxy) is 2. The number of methoxy groups -OCH3 is 2. The van der Waals surface area contributed by atoms with E-state index in [1.807, 2.05) is 0 Å².